The van der Waals surface area contributed by atoms with Crippen LogP contribution in [0, 0.1) is 6.92 Å². The van der Waals surface area contributed by atoms with E-state index in [1.807, 2.05) is 30.3 Å². The smallest absolute Gasteiger partial charge is 0.264 e. The zero-order chi connectivity index (χ0) is 20.2. The SMILES string of the molecule is Cc1ccc(Sc2ccc(/C=C3\SC(=Nc4ccc(Cl)cc4)NC3=O)cc2)cc1. The first-order valence-corrected chi connectivity index (χ1v) is 11.0. The maximum Gasteiger partial charge on any atom is 0.264 e. The molecule has 0 aliphatic carbocycles. The van der Waals surface area contributed by atoms with E-state index in [0.29, 0.717) is 15.1 Å². The summed E-state index contributed by atoms with van der Waals surface area (Å²) in [7, 11) is 0. The summed E-state index contributed by atoms with van der Waals surface area (Å²) in [6.07, 6.45) is 1.88. The van der Waals surface area contributed by atoms with Crippen molar-refractivity contribution < 1.29 is 4.79 Å². The Morgan fingerprint density at radius 3 is 2.21 bits per heavy atom. The summed E-state index contributed by atoms with van der Waals surface area (Å²) in [5, 5.41) is 4.02. The van der Waals surface area contributed by atoms with Gasteiger partial charge in [0.2, 0.25) is 0 Å². The molecular formula is C23H17ClN2OS2. The van der Waals surface area contributed by atoms with E-state index in [1.165, 1.54) is 22.2 Å². The van der Waals surface area contributed by atoms with Gasteiger partial charge in [-0.05, 0) is 78.9 Å². The van der Waals surface area contributed by atoms with Gasteiger partial charge in [0, 0.05) is 14.8 Å². The second-order valence-corrected chi connectivity index (χ2v) is 9.06. The molecule has 0 atom stereocenters. The van der Waals surface area contributed by atoms with Crippen molar-refractivity contribution in [3.8, 4) is 0 Å². The minimum absolute atomic E-state index is 0.138. The van der Waals surface area contributed by atoms with E-state index in [1.54, 1.807) is 23.9 Å². The van der Waals surface area contributed by atoms with Crippen molar-refractivity contribution in [1.29, 1.82) is 0 Å². The number of carbonyl (C=O) groups excluding carboxylic acids is 1. The molecule has 3 aromatic carbocycles. The molecule has 4 rings (SSSR count). The lowest BCUT2D eigenvalue weighted by Gasteiger charge is -2.03. The van der Waals surface area contributed by atoms with Crippen LogP contribution in [0.25, 0.3) is 6.08 Å². The lowest BCUT2D eigenvalue weighted by molar-refractivity contribution is -0.115. The third kappa shape index (κ3) is 5.32. The molecule has 0 radical (unpaired) electrons. The fraction of sp³-hybridized carbons (Fsp3) is 0.0435. The number of hydrogen-bond acceptors (Lipinski definition) is 4. The van der Waals surface area contributed by atoms with Crippen LogP contribution in [-0.2, 0) is 4.79 Å². The van der Waals surface area contributed by atoms with Gasteiger partial charge in [-0.15, -0.1) is 0 Å². The second-order valence-electron chi connectivity index (χ2n) is 6.44. The van der Waals surface area contributed by atoms with Gasteiger partial charge in [-0.1, -0.05) is 53.2 Å². The number of carbonyl (C=O) groups is 1. The minimum atomic E-state index is -0.138. The summed E-state index contributed by atoms with van der Waals surface area (Å²) in [6, 6.07) is 23.8. The van der Waals surface area contributed by atoms with Crippen molar-refractivity contribution in [3.63, 3.8) is 0 Å². The standard InChI is InChI=1S/C23H17ClN2OS2/c1-15-2-10-19(11-3-15)28-20-12-4-16(5-13-20)14-21-22(27)26-23(29-21)25-18-8-6-17(24)7-9-18/h2-14H,1H3,(H,25,26,27)/b21-14-. The predicted octanol–water partition coefficient (Wildman–Crippen LogP) is 6.69. The van der Waals surface area contributed by atoms with Crippen LogP contribution < -0.4 is 5.32 Å². The molecule has 1 fully saturated rings. The van der Waals surface area contributed by atoms with Gasteiger partial charge in [0.05, 0.1) is 10.6 Å². The second kappa shape index (κ2) is 8.91. The van der Waals surface area contributed by atoms with E-state index in [2.05, 4.69) is 53.6 Å². The number of halogens is 1. The Labute approximate surface area is 183 Å². The highest BCUT2D eigenvalue weighted by Crippen LogP contribution is 2.31. The van der Waals surface area contributed by atoms with Crippen LogP contribution >= 0.6 is 35.1 Å². The van der Waals surface area contributed by atoms with Crippen LogP contribution in [0.5, 0.6) is 0 Å². The molecule has 0 aromatic heterocycles. The molecule has 1 heterocycles. The maximum atomic E-state index is 12.3. The summed E-state index contributed by atoms with van der Waals surface area (Å²) in [4.78, 5) is 19.7. The number of benzene rings is 3. The van der Waals surface area contributed by atoms with Gasteiger partial charge in [0.25, 0.3) is 5.91 Å². The van der Waals surface area contributed by atoms with Gasteiger partial charge in [-0.25, -0.2) is 4.99 Å². The van der Waals surface area contributed by atoms with E-state index in [0.717, 1.165) is 16.1 Å². The van der Waals surface area contributed by atoms with Crippen LogP contribution in [0.2, 0.25) is 5.02 Å². The van der Waals surface area contributed by atoms with Crippen molar-refractivity contribution in [3.05, 3.63) is 93.9 Å². The average molecular weight is 437 g/mol. The summed E-state index contributed by atoms with van der Waals surface area (Å²) < 4.78 is 0. The Kier molecular flexibility index (Phi) is 6.09. The topological polar surface area (TPSA) is 41.5 Å². The third-order valence-electron chi connectivity index (χ3n) is 4.14. The highest BCUT2D eigenvalue weighted by Gasteiger charge is 2.23. The molecule has 1 N–H and O–H groups in total. The number of nitrogens with zero attached hydrogens (tertiary/aromatic N) is 1. The number of aryl methyl sites for hydroxylation is 1. The van der Waals surface area contributed by atoms with E-state index in [9.17, 15) is 4.79 Å². The average Bonchev–Trinajstić information content (AvgIpc) is 3.06. The van der Waals surface area contributed by atoms with Crippen molar-refractivity contribution in [2.24, 2.45) is 4.99 Å². The monoisotopic (exact) mass is 436 g/mol. The van der Waals surface area contributed by atoms with Gasteiger partial charge < -0.3 is 5.32 Å². The highest BCUT2D eigenvalue weighted by atomic mass is 35.5. The molecule has 3 aromatic rings. The Bertz CT molecular complexity index is 1090. The first-order valence-electron chi connectivity index (χ1n) is 8.95. The normalized spacial score (nSPS) is 16.4. The first kappa shape index (κ1) is 19.8. The summed E-state index contributed by atoms with van der Waals surface area (Å²) in [5.74, 6) is -0.138. The van der Waals surface area contributed by atoms with Gasteiger partial charge in [-0.3, -0.25) is 4.79 Å². The number of amides is 1. The summed E-state index contributed by atoms with van der Waals surface area (Å²) in [6.45, 7) is 2.08. The molecule has 0 bridgehead atoms. The molecule has 1 aliphatic heterocycles. The lowest BCUT2D eigenvalue weighted by atomic mass is 10.2. The highest BCUT2D eigenvalue weighted by molar-refractivity contribution is 8.18. The molecule has 6 heteroatoms. The molecule has 3 nitrogen and oxygen atoms in total. The van der Waals surface area contributed by atoms with Crippen LogP contribution in [0.15, 0.2) is 92.5 Å². The van der Waals surface area contributed by atoms with Crippen LogP contribution in [-0.4, -0.2) is 11.1 Å². The molecule has 1 aliphatic rings. The Morgan fingerprint density at radius 2 is 1.55 bits per heavy atom. The Balaban J connectivity index is 1.45. The summed E-state index contributed by atoms with van der Waals surface area (Å²) in [5.41, 5.74) is 2.97. The van der Waals surface area contributed by atoms with Crippen LogP contribution in [0.3, 0.4) is 0 Å². The van der Waals surface area contributed by atoms with Crippen LogP contribution in [0.1, 0.15) is 11.1 Å². The van der Waals surface area contributed by atoms with Crippen LogP contribution in [0.4, 0.5) is 5.69 Å². The third-order valence-corrected chi connectivity index (χ3v) is 6.32. The minimum Gasteiger partial charge on any atom is -0.300 e. The van der Waals surface area contributed by atoms with E-state index < -0.39 is 0 Å². The van der Waals surface area contributed by atoms with Gasteiger partial charge in [-0.2, -0.15) is 0 Å². The molecular weight excluding hydrogens is 420 g/mol. The molecule has 144 valence electrons. The lowest BCUT2D eigenvalue weighted by Crippen LogP contribution is -2.19. The fourth-order valence-electron chi connectivity index (χ4n) is 2.64. The first-order chi connectivity index (χ1) is 14.0. The molecule has 1 amide bonds. The maximum absolute atomic E-state index is 12.3. The Hall–Kier alpha value is -2.47. The van der Waals surface area contributed by atoms with Crippen molar-refractivity contribution in [1.82, 2.24) is 5.32 Å². The van der Waals surface area contributed by atoms with E-state index in [-0.39, 0.29) is 5.91 Å². The number of amidine groups is 1. The number of thioether (sulfide) groups is 1. The molecule has 1 saturated heterocycles. The number of aliphatic imine (C=N–C) groups is 1. The van der Waals surface area contributed by atoms with Crippen molar-refractivity contribution >= 4 is 58.0 Å². The van der Waals surface area contributed by atoms with E-state index >= 15 is 0 Å². The molecule has 0 spiro atoms. The van der Waals surface area contributed by atoms with Gasteiger partial charge in [0.1, 0.15) is 0 Å². The summed E-state index contributed by atoms with van der Waals surface area (Å²) >= 11 is 8.94. The number of nitrogens with one attached hydrogen (secondary N) is 1. The van der Waals surface area contributed by atoms with Crippen molar-refractivity contribution in [2.75, 3.05) is 0 Å². The van der Waals surface area contributed by atoms with Gasteiger partial charge >= 0.3 is 0 Å². The Morgan fingerprint density at radius 1 is 0.931 bits per heavy atom. The van der Waals surface area contributed by atoms with Gasteiger partial charge in [0.15, 0.2) is 5.17 Å². The molecule has 29 heavy (non-hydrogen) atoms. The zero-order valence-corrected chi connectivity index (χ0v) is 17.9. The predicted molar refractivity (Wildman–Crippen MR) is 124 cm³/mol. The quantitative estimate of drug-likeness (QED) is 0.463. The number of rotatable bonds is 4. The number of hydrogen-bond donors (Lipinski definition) is 1. The van der Waals surface area contributed by atoms with E-state index in [4.69, 9.17) is 11.6 Å². The fourth-order valence-corrected chi connectivity index (χ4v) is 4.42. The zero-order valence-electron chi connectivity index (χ0n) is 15.6. The molecule has 0 unspecified atom stereocenters. The largest absolute Gasteiger partial charge is 0.300 e. The molecule has 0 saturated carbocycles. The van der Waals surface area contributed by atoms with Crippen molar-refractivity contribution in [2.45, 2.75) is 16.7 Å².